The average Bonchev–Trinajstić information content (AvgIpc) is 3.48. The zero-order valence-corrected chi connectivity index (χ0v) is 35.1. The molecule has 276 valence electrons. The fourth-order valence-electron chi connectivity index (χ4n) is 9.01. The highest BCUT2D eigenvalue weighted by atomic mass is 127. The number of nitrogens with zero attached hydrogens (tertiary/aromatic N) is 2. The van der Waals surface area contributed by atoms with Gasteiger partial charge in [-0.3, -0.25) is 4.79 Å². The Kier molecular flexibility index (Phi) is 11.8. The van der Waals surface area contributed by atoms with Gasteiger partial charge in [-0.2, -0.15) is 4.58 Å². The lowest BCUT2D eigenvalue weighted by atomic mass is 9.78. The molecule has 0 aromatic heterocycles. The Morgan fingerprint density at radius 1 is 0.830 bits per heavy atom. The zero-order valence-electron chi connectivity index (χ0n) is 32.1. The number of benzene rings is 4. The van der Waals surface area contributed by atoms with Crippen LogP contribution in [0.4, 0.5) is 11.4 Å². The maximum absolute atomic E-state index is 11.7. The van der Waals surface area contributed by atoms with Gasteiger partial charge in [0, 0.05) is 58.1 Å². The van der Waals surface area contributed by atoms with Crippen molar-refractivity contribution in [2.24, 2.45) is 0 Å². The Labute approximate surface area is 337 Å². The highest BCUT2D eigenvalue weighted by Gasteiger charge is 2.45. The number of thioether (sulfide) groups is 1. The van der Waals surface area contributed by atoms with E-state index < -0.39 is 5.97 Å². The molecule has 3 aliphatic rings. The van der Waals surface area contributed by atoms with Crippen molar-refractivity contribution in [3.05, 3.63) is 130 Å². The smallest absolute Gasteiger partial charge is 0.304 e. The van der Waals surface area contributed by atoms with Gasteiger partial charge in [0.1, 0.15) is 6.54 Å². The number of carbonyl (C=O) groups is 1. The van der Waals surface area contributed by atoms with Crippen molar-refractivity contribution < 1.29 is 38.5 Å². The third-order valence-corrected chi connectivity index (χ3v) is 12.5. The summed E-state index contributed by atoms with van der Waals surface area (Å²) in [5.41, 5.74) is 10.4. The minimum atomic E-state index is -0.745. The van der Waals surface area contributed by atoms with Crippen LogP contribution in [0.3, 0.4) is 0 Å². The number of allylic oxidation sites excluding steroid dienone is 7. The van der Waals surface area contributed by atoms with E-state index in [0.717, 1.165) is 45.2 Å². The molecule has 4 nitrogen and oxygen atoms in total. The van der Waals surface area contributed by atoms with Gasteiger partial charge >= 0.3 is 5.97 Å². The van der Waals surface area contributed by atoms with E-state index in [4.69, 9.17) is 0 Å². The summed E-state index contributed by atoms with van der Waals surface area (Å²) >= 11 is 1.72. The minimum Gasteiger partial charge on any atom is -1.00 e. The molecule has 0 amide bonds. The van der Waals surface area contributed by atoms with Crippen LogP contribution < -0.4 is 28.9 Å². The van der Waals surface area contributed by atoms with Crippen molar-refractivity contribution >= 4 is 56.4 Å². The Hall–Kier alpha value is -3.62. The molecule has 7 rings (SSSR count). The molecule has 0 atom stereocenters. The van der Waals surface area contributed by atoms with Gasteiger partial charge in [-0.15, -0.1) is 11.8 Å². The lowest BCUT2D eigenvalue weighted by molar-refractivity contribution is -0.437. The molecule has 1 aliphatic carbocycles. The summed E-state index contributed by atoms with van der Waals surface area (Å²) < 4.78 is 2.53. The van der Waals surface area contributed by atoms with E-state index in [1.165, 1.54) is 71.5 Å². The minimum absolute atomic E-state index is 0. The van der Waals surface area contributed by atoms with E-state index in [9.17, 15) is 9.90 Å². The summed E-state index contributed by atoms with van der Waals surface area (Å²) in [6.45, 7) is 15.9. The van der Waals surface area contributed by atoms with E-state index in [1.54, 1.807) is 11.8 Å². The Balaban J connectivity index is 0.00000481. The predicted octanol–water partition coefficient (Wildman–Crippen LogP) is 9.00. The molecular weight excluding hydrogens is 784 g/mol. The normalized spacial score (nSPS) is 19.2. The monoisotopic (exact) mass is 836 g/mol. The molecule has 0 fully saturated rings. The van der Waals surface area contributed by atoms with E-state index in [0.29, 0.717) is 5.75 Å². The maximum Gasteiger partial charge on any atom is 0.304 e. The van der Waals surface area contributed by atoms with Crippen LogP contribution in [0.5, 0.6) is 0 Å². The Morgan fingerprint density at radius 3 is 2.19 bits per heavy atom. The van der Waals surface area contributed by atoms with Crippen LogP contribution in [-0.2, 0) is 15.6 Å². The van der Waals surface area contributed by atoms with Crippen LogP contribution in [0.15, 0.2) is 119 Å². The second kappa shape index (κ2) is 16.0. The summed E-state index contributed by atoms with van der Waals surface area (Å²) in [4.78, 5) is 15.4. The number of rotatable bonds is 11. The topological polar surface area (TPSA) is 43.5 Å². The van der Waals surface area contributed by atoms with Gasteiger partial charge in [0.2, 0.25) is 5.69 Å². The van der Waals surface area contributed by atoms with Gasteiger partial charge in [0.05, 0.1) is 11.8 Å². The summed E-state index contributed by atoms with van der Waals surface area (Å²) in [5, 5.41) is 14.8. The van der Waals surface area contributed by atoms with Gasteiger partial charge in [-0.05, 0) is 96.0 Å². The first-order chi connectivity index (χ1) is 25.1. The standard InChI is InChI=1S/C47H52N2O2S.HI/c1-7-29-48-38-24-20-32-14-9-11-18-36(32)43(38)46(3,4)40(48)26-22-34-16-13-17-35(45(34)52-31-28-42(50)51)23-27-41-47(5,6)44-37-19-12-10-15-33(37)21-25-39(44)49(41)30-8-2;/h9-12,14-15,18-27H,7-8,13,16-17,28-31H2,1-6H3;1H. The molecule has 0 unspecified atom stereocenters. The van der Waals surface area contributed by atoms with E-state index in [-0.39, 0.29) is 41.2 Å². The lowest BCUT2D eigenvalue weighted by Crippen LogP contribution is -3.00. The maximum atomic E-state index is 11.7. The van der Waals surface area contributed by atoms with Gasteiger partial charge in [0.25, 0.3) is 0 Å². The van der Waals surface area contributed by atoms with Crippen LogP contribution in [0, 0.1) is 0 Å². The van der Waals surface area contributed by atoms with Crippen molar-refractivity contribution in [2.45, 2.75) is 90.9 Å². The molecule has 0 spiro atoms. The first kappa shape index (κ1) is 39.1. The predicted molar refractivity (Wildman–Crippen MR) is 223 cm³/mol. The van der Waals surface area contributed by atoms with Crippen LogP contribution in [0.25, 0.3) is 21.5 Å². The highest BCUT2D eigenvalue weighted by Crippen LogP contribution is 2.51. The second-order valence-corrected chi connectivity index (χ2v) is 16.7. The summed E-state index contributed by atoms with van der Waals surface area (Å²) in [6.07, 6.45) is 14.8. The first-order valence-electron chi connectivity index (χ1n) is 19.2. The largest absolute Gasteiger partial charge is 1.00 e. The van der Waals surface area contributed by atoms with Crippen molar-refractivity contribution in [1.82, 2.24) is 0 Å². The van der Waals surface area contributed by atoms with E-state index in [2.05, 4.69) is 148 Å². The average molecular weight is 837 g/mol. The molecule has 4 aromatic rings. The fourth-order valence-corrected chi connectivity index (χ4v) is 10.2. The van der Waals surface area contributed by atoms with Gasteiger partial charge < -0.3 is 34.0 Å². The third kappa shape index (κ3) is 7.18. The molecule has 2 heterocycles. The molecule has 53 heavy (non-hydrogen) atoms. The number of halogens is 1. The van der Waals surface area contributed by atoms with Crippen molar-refractivity contribution in [3.63, 3.8) is 0 Å². The Bertz CT molecular complexity index is 2220. The van der Waals surface area contributed by atoms with Crippen molar-refractivity contribution in [3.8, 4) is 0 Å². The molecule has 0 saturated carbocycles. The number of carboxylic acid groups (broad SMARTS) is 1. The molecule has 0 bridgehead atoms. The SMILES string of the molecule is CCCN1C(=C/C=C2\CCCC(/C=C/C3=[N+](CCC)c4ccc5ccccc5c4C3(C)C)=C2SCCC(=O)O)C(C)(C)c2c1ccc1ccccc21.[I-]. The zero-order chi connectivity index (χ0) is 36.6. The van der Waals surface area contributed by atoms with E-state index in [1.807, 2.05) is 0 Å². The highest BCUT2D eigenvalue weighted by molar-refractivity contribution is 8.03. The number of aliphatic carboxylic acids is 1. The van der Waals surface area contributed by atoms with Crippen LogP contribution in [0.2, 0.25) is 0 Å². The molecular formula is C47H53IN2O2S. The van der Waals surface area contributed by atoms with Crippen LogP contribution in [-0.4, -0.2) is 40.2 Å². The first-order valence-corrected chi connectivity index (χ1v) is 20.2. The molecule has 2 aliphatic heterocycles. The molecule has 0 radical (unpaired) electrons. The van der Waals surface area contributed by atoms with Gasteiger partial charge in [-0.25, -0.2) is 0 Å². The van der Waals surface area contributed by atoms with Crippen LogP contribution >= 0.6 is 11.8 Å². The summed E-state index contributed by atoms with van der Waals surface area (Å²) in [7, 11) is 0. The lowest BCUT2D eigenvalue weighted by Gasteiger charge is -2.27. The summed E-state index contributed by atoms with van der Waals surface area (Å²) in [6, 6.07) is 26.7. The second-order valence-electron chi connectivity index (χ2n) is 15.6. The van der Waals surface area contributed by atoms with Gasteiger partial charge in [0.15, 0.2) is 5.71 Å². The quantitative estimate of drug-likeness (QED) is 0.121. The summed E-state index contributed by atoms with van der Waals surface area (Å²) in [5.74, 6) is -0.188. The number of carboxylic acids is 1. The third-order valence-electron chi connectivity index (χ3n) is 11.3. The fraction of sp³-hybridized carbons (Fsp3) is 0.362. The van der Waals surface area contributed by atoms with E-state index >= 15 is 0 Å². The molecule has 1 N–H and O–H groups in total. The number of hydrogen-bond acceptors (Lipinski definition) is 3. The number of fused-ring (bicyclic) bond motifs is 6. The van der Waals surface area contributed by atoms with Crippen molar-refractivity contribution in [1.29, 1.82) is 0 Å². The molecule has 6 heteroatoms. The molecule has 0 saturated heterocycles. The van der Waals surface area contributed by atoms with Crippen molar-refractivity contribution in [2.75, 3.05) is 23.7 Å². The number of anilines is 1. The van der Waals surface area contributed by atoms with Gasteiger partial charge in [-0.1, -0.05) is 94.4 Å². The Morgan fingerprint density at radius 2 is 1.51 bits per heavy atom. The molecule has 4 aromatic carbocycles. The number of hydrogen-bond donors (Lipinski definition) is 1. The van der Waals surface area contributed by atoms with Crippen LogP contribution in [0.1, 0.15) is 91.2 Å².